The zero-order chi connectivity index (χ0) is 12.3. The van der Waals surface area contributed by atoms with Crippen molar-refractivity contribution >= 4 is 21.8 Å². The van der Waals surface area contributed by atoms with Crippen LogP contribution in [0.4, 0.5) is 0 Å². The fourth-order valence-corrected chi connectivity index (χ4v) is 1.49. The molecule has 0 aliphatic carbocycles. The molecule has 16 heavy (non-hydrogen) atoms. The van der Waals surface area contributed by atoms with Gasteiger partial charge in [0.1, 0.15) is 5.69 Å². The molecule has 1 amide bonds. The van der Waals surface area contributed by atoms with Gasteiger partial charge in [-0.05, 0) is 19.9 Å². The van der Waals surface area contributed by atoms with Gasteiger partial charge in [0.2, 0.25) is 5.56 Å². The number of alkyl halides is 1. The van der Waals surface area contributed by atoms with Crippen molar-refractivity contribution in [3.63, 3.8) is 0 Å². The molecule has 0 fully saturated rings. The third-order valence-corrected chi connectivity index (χ3v) is 3.91. The number of H-pyrrole nitrogens is 1. The molecule has 0 aliphatic rings. The molecule has 0 saturated carbocycles. The first-order chi connectivity index (χ1) is 7.38. The van der Waals surface area contributed by atoms with Crippen molar-refractivity contribution in [3.8, 4) is 0 Å². The minimum absolute atomic E-state index is 0.192. The van der Waals surface area contributed by atoms with Gasteiger partial charge in [0.05, 0.1) is 0 Å². The van der Waals surface area contributed by atoms with Gasteiger partial charge in [-0.3, -0.25) is 9.59 Å². The number of aromatic amines is 1. The maximum absolute atomic E-state index is 12.0. The number of carbonyl (C=O) groups is 1. The highest BCUT2D eigenvalue weighted by Crippen LogP contribution is 2.17. The Morgan fingerprint density at radius 2 is 2.12 bits per heavy atom. The number of aromatic nitrogens is 1. The Bertz CT molecular complexity index is 440. The fourth-order valence-electron chi connectivity index (χ4n) is 1.12. The van der Waals surface area contributed by atoms with Crippen molar-refractivity contribution in [2.45, 2.75) is 19.4 Å². The molecule has 0 atom stereocenters. The van der Waals surface area contributed by atoms with Crippen LogP contribution in [0, 0.1) is 0 Å². The van der Waals surface area contributed by atoms with Crippen LogP contribution >= 0.6 is 15.9 Å². The van der Waals surface area contributed by atoms with E-state index in [0.29, 0.717) is 11.0 Å². The van der Waals surface area contributed by atoms with Gasteiger partial charge in [0, 0.05) is 24.0 Å². The van der Waals surface area contributed by atoms with E-state index in [1.54, 1.807) is 24.1 Å². The maximum atomic E-state index is 12.0. The fraction of sp³-hybridized carbons (Fsp3) is 0.455. The monoisotopic (exact) mass is 286 g/mol. The van der Waals surface area contributed by atoms with Gasteiger partial charge in [-0.15, -0.1) is 0 Å². The number of hydrogen-bond donors (Lipinski definition) is 1. The van der Waals surface area contributed by atoms with Gasteiger partial charge in [-0.1, -0.05) is 22.0 Å². The van der Waals surface area contributed by atoms with Gasteiger partial charge in [0.25, 0.3) is 5.91 Å². The predicted molar refractivity (Wildman–Crippen MR) is 67.0 cm³/mol. The predicted octanol–water partition coefficient (Wildman–Crippen LogP) is 1.62. The van der Waals surface area contributed by atoms with Gasteiger partial charge >= 0.3 is 0 Å². The average molecular weight is 287 g/mol. The quantitative estimate of drug-likeness (QED) is 0.859. The lowest BCUT2D eigenvalue weighted by Gasteiger charge is -2.33. The van der Waals surface area contributed by atoms with E-state index in [9.17, 15) is 9.59 Å². The zero-order valence-electron chi connectivity index (χ0n) is 9.58. The van der Waals surface area contributed by atoms with Crippen molar-refractivity contribution in [1.82, 2.24) is 9.88 Å². The molecule has 1 N–H and O–H groups in total. The van der Waals surface area contributed by atoms with Crippen molar-refractivity contribution in [2.75, 3.05) is 12.4 Å². The van der Waals surface area contributed by atoms with Crippen LogP contribution in [-0.4, -0.2) is 33.7 Å². The third kappa shape index (κ3) is 2.72. The Hall–Kier alpha value is -1.10. The lowest BCUT2D eigenvalue weighted by molar-refractivity contribution is 0.0657. The summed E-state index contributed by atoms with van der Waals surface area (Å²) < 4.78 is 0. The molecule has 88 valence electrons. The first-order valence-corrected chi connectivity index (χ1v) is 6.04. The average Bonchev–Trinajstić information content (AvgIpc) is 2.27. The number of nitrogens with one attached hydrogen (secondary N) is 1. The van der Waals surface area contributed by atoms with E-state index in [2.05, 4.69) is 20.9 Å². The molecule has 1 rings (SSSR count). The van der Waals surface area contributed by atoms with E-state index in [-0.39, 0.29) is 17.0 Å². The molecule has 0 aliphatic heterocycles. The molecule has 1 aromatic rings. The molecular weight excluding hydrogens is 272 g/mol. The Morgan fingerprint density at radius 1 is 1.50 bits per heavy atom. The van der Waals surface area contributed by atoms with E-state index in [1.165, 1.54) is 6.07 Å². The van der Waals surface area contributed by atoms with Crippen molar-refractivity contribution < 1.29 is 4.79 Å². The molecule has 1 aromatic heterocycles. The first kappa shape index (κ1) is 13.0. The molecule has 1 heterocycles. The summed E-state index contributed by atoms with van der Waals surface area (Å²) >= 11 is 3.36. The van der Waals surface area contributed by atoms with Crippen LogP contribution in [0.25, 0.3) is 0 Å². The molecule has 0 bridgehead atoms. The number of nitrogens with zero attached hydrogens (tertiary/aromatic N) is 1. The number of rotatable bonds is 3. The van der Waals surface area contributed by atoms with Gasteiger partial charge in [-0.2, -0.15) is 0 Å². The lowest BCUT2D eigenvalue weighted by Crippen LogP contribution is -2.46. The number of carbonyl (C=O) groups excluding carboxylic acids is 1. The highest BCUT2D eigenvalue weighted by molar-refractivity contribution is 9.09. The molecule has 0 radical (unpaired) electrons. The summed E-state index contributed by atoms with van der Waals surface area (Å²) in [7, 11) is 1.72. The van der Waals surface area contributed by atoms with Crippen LogP contribution in [0.1, 0.15) is 24.3 Å². The van der Waals surface area contributed by atoms with Crippen LogP contribution in [0.3, 0.4) is 0 Å². The molecule has 0 saturated heterocycles. The summed E-state index contributed by atoms with van der Waals surface area (Å²) in [6, 6.07) is 4.55. The van der Waals surface area contributed by atoms with Gasteiger partial charge < -0.3 is 9.88 Å². The van der Waals surface area contributed by atoms with Crippen molar-refractivity contribution in [1.29, 1.82) is 0 Å². The minimum Gasteiger partial charge on any atom is -0.334 e. The van der Waals surface area contributed by atoms with Gasteiger partial charge in [0.15, 0.2) is 0 Å². The van der Waals surface area contributed by atoms with Crippen LogP contribution in [0.2, 0.25) is 0 Å². The van der Waals surface area contributed by atoms with Crippen LogP contribution in [0.15, 0.2) is 23.0 Å². The van der Waals surface area contributed by atoms with Crippen LogP contribution in [-0.2, 0) is 0 Å². The first-order valence-electron chi connectivity index (χ1n) is 4.92. The second-order valence-corrected chi connectivity index (χ2v) is 4.80. The highest BCUT2D eigenvalue weighted by Gasteiger charge is 2.27. The maximum Gasteiger partial charge on any atom is 0.270 e. The molecule has 0 spiro atoms. The van der Waals surface area contributed by atoms with Crippen molar-refractivity contribution in [3.05, 3.63) is 34.2 Å². The Kier molecular flexibility index (Phi) is 3.91. The summed E-state index contributed by atoms with van der Waals surface area (Å²) in [4.78, 5) is 27.3. The van der Waals surface area contributed by atoms with E-state index in [4.69, 9.17) is 0 Å². The molecule has 5 heteroatoms. The summed E-state index contributed by atoms with van der Waals surface area (Å²) in [5.74, 6) is -0.192. The Labute approximate surface area is 103 Å². The number of pyridine rings is 1. The van der Waals surface area contributed by atoms with Crippen molar-refractivity contribution in [2.24, 2.45) is 0 Å². The standard InChI is InChI=1S/C11H15BrN2O2/c1-11(2,7-12)14(3)10(16)8-5-4-6-9(15)13-8/h4-6H,7H2,1-3H3,(H,13,15). The Morgan fingerprint density at radius 3 is 2.62 bits per heavy atom. The van der Waals surface area contributed by atoms with E-state index in [1.807, 2.05) is 13.8 Å². The zero-order valence-corrected chi connectivity index (χ0v) is 11.2. The third-order valence-electron chi connectivity index (χ3n) is 2.54. The topological polar surface area (TPSA) is 53.2 Å². The number of halogens is 1. The van der Waals surface area contributed by atoms with E-state index >= 15 is 0 Å². The second-order valence-electron chi connectivity index (χ2n) is 4.24. The summed E-state index contributed by atoms with van der Waals surface area (Å²) in [5.41, 5.74) is -0.260. The second kappa shape index (κ2) is 4.82. The largest absolute Gasteiger partial charge is 0.334 e. The molecular formula is C11H15BrN2O2. The van der Waals surface area contributed by atoms with Crippen LogP contribution < -0.4 is 5.56 Å². The number of amides is 1. The smallest absolute Gasteiger partial charge is 0.270 e. The molecule has 4 nitrogen and oxygen atoms in total. The van der Waals surface area contributed by atoms with E-state index in [0.717, 1.165) is 0 Å². The molecule has 0 aromatic carbocycles. The highest BCUT2D eigenvalue weighted by atomic mass is 79.9. The van der Waals surface area contributed by atoms with E-state index < -0.39 is 0 Å². The summed E-state index contributed by atoms with van der Waals surface area (Å²) in [5, 5.41) is 0.666. The summed E-state index contributed by atoms with van der Waals surface area (Å²) in [6.07, 6.45) is 0. The minimum atomic E-state index is -0.302. The SMILES string of the molecule is CN(C(=O)c1cccc(=O)[nH]1)C(C)(C)CBr. The van der Waals surface area contributed by atoms with Gasteiger partial charge in [-0.25, -0.2) is 0 Å². The normalized spacial score (nSPS) is 11.2. The number of hydrogen-bond acceptors (Lipinski definition) is 2. The summed E-state index contributed by atoms with van der Waals surface area (Å²) in [6.45, 7) is 3.89. The lowest BCUT2D eigenvalue weighted by atomic mass is 10.1. The van der Waals surface area contributed by atoms with Crippen LogP contribution in [0.5, 0.6) is 0 Å². The Balaban J connectivity index is 2.99. The molecule has 0 unspecified atom stereocenters.